The Hall–Kier alpha value is -0.0200. The van der Waals surface area contributed by atoms with Gasteiger partial charge in [0.1, 0.15) is 0 Å². The van der Waals surface area contributed by atoms with Crippen LogP contribution in [0.15, 0.2) is 23.1 Å². The van der Waals surface area contributed by atoms with E-state index in [0.717, 1.165) is 12.8 Å². The third-order valence-electron chi connectivity index (χ3n) is 3.99. The Morgan fingerprint density at radius 1 is 1.53 bits per heavy atom. The van der Waals surface area contributed by atoms with Crippen molar-refractivity contribution in [3.05, 3.63) is 23.1 Å². The summed E-state index contributed by atoms with van der Waals surface area (Å²) in [6.45, 7) is 4.39. The molecule has 2 bridgehead atoms. The Labute approximate surface area is 97.9 Å². The van der Waals surface area contributed by atoms with E-state index in [1.54, 1.807) is 0 Å². The van der Waals surface area contributed by atoms with E-state index in [9.17, 15) is 4.21 Å². The van der Waals surface area contributed by atoms with Gasteiger partial charge in [-0.05, 0) is 17.7 Å². The number of thioether (sulfide) groups is 1. The molecule has 5 atom stereocenters. The van der Waals surface area contributed by atoms with Gasteiger partial charge in [-0.2, -0.15) is 0 Å². The molecule has 0 aromatic rings. The zero-order valence-electron chi connectivity index (χ0n) is 9.10. The monoisotopic (exact) mass is 240 g/mol. The maximum Gasteiger partial charge on any atom is 0.0716 e. The average Bonchev–Trinajstić information content (AvgIpc) is 2.87. The molecule has 82 valence electrons. The van der Waals surface area contributed by atoms with Crippen molar-refractivity contribution >= 4 is 22.6 Å². The van der Waals surface area contributed by atoms with E-state index in [1.807, 2.05) is 11.8 Å². The lowest BCUT2D eigenvalue weighted by Gasteiger charge is -2.27. The largest absolute Gasteiger partial charge is 0.258 e. The zero-order valence-corrected chi connectivity index (χ0v) is 10.7. The molecule has 15 heavy (non-hydrogen) atoms. The molecule has 0 N–H and O–H groups in total. The van der Waals surface area contributed by atoms with E-state index in [4.69, 9.17) is 0 Å². The van der Waals surface area contributed by atoms with Crippen molar-refractivity contribution in [1.29, 1.82) is 0 Å². The fourth-order valence-corrected chi connectivity index (χ4v) is 7.21. The first kappa shape index (κ1) is 10.2. The molecule has 3 heterocycles. The Balaban J connectivity index is 2.04. The van der Waals surface area contributed by atoms with Crippen LogP contribution in [0.5, 0.6) is 0 Å². The first-order chi connectivity index (χ1) is 7.23. The molecule has 0 aliphatic carbocycles. The minimum absolute atomic E-state index is 0.0146. The summed E-state index contributed by atoms with van der Waals surface area (Å²) in [4.78, 5) is 1.51. The fraction of sp³-hybridized carbons (Fsp3) is 0.667. The van der Waals surface area contributed by atoms with Crippen LogP contribution in [0.3, 0.4) is 0 Å². The fourth-order valence-electron chi connectivity index (χ4n) is 3.10. The molecule has 1 nitrogen and oxygen atoms in total. The summed E-state index contributed by atoms with van der Waals surface area (Å²) >= 11 is 1.98. The zero-order chi connectivity index (χ0) is 10.6. The molecule has 0 aromatic carbocycles. The highest BCUT2D eigenvalue weighted by Gasteiger charge is 2.60. The van der Waals surface area contributed by atoms with Gasteiger partial charge in [-0.15, -0.1) is 11.8 Å². The maximum absolute atomic E-state index is 12.3. The van der Waals surface area contributed by atoms with Crippen molar-refractivity contribution in [2.75, 3.05) is 0 Å². The second kappa shape index (κ2) is 3.24. The molecule has 1 saturated heterocycles. The van der Waals surface area contributed by atoms with Gasteiger partial charge in [-0.25, -0.2) is 0 Å². The topological polar surface area (TPSA) is 17.1 Å². The molecule has 0 radical (unpaired) electrons. The SMILES string of the molecule is CCC1=C[C@H]2[C@@H](S1)[C@H]1C=C[C@]2(CC)S1=O. The average molecular weight is 240 g/mol. The van der Waals surface area contributed by atoms with Crippen LogP contribution < -0.4 is 0 Å². The van der Waals surface area contributed by atoms with E-state index in [2.05, 4.69) is 32.1 Å². The van der Waals surface area contributed by atoms with Gasteiger partial charge in [-0.1, -0.05) is 32.1 Å². The summed E-state index contributed by atoms with van der Waals surface area (Å²) in [6, 6.07) is 0. The summed E-state index contributed by atoms with van der Waals surface area (Å²) in [7, 11) is -0.662. The maximum atomic E-state index is 12.3. The Bertz CT molecular complexity index is 385. The van der Waals surface area contributed by atoms with Crippen LogP contribution in [-0.4, -0.2) is 19.5 Å². The highest BCUT2D eigenvalue weighted by molar-refractivity contribution is 8.05. The Morgan fingerprint density at radius 2 is 2.33 bits per heavy atom. The summed E-state index contributed by atoms with van der Waals surface area (Å²) < 4.78 is 12.3. The van der Waals surface area contributed by atoms with Crippen molar-refractivity contribution in [3.8, 4) is 0 Å². The Morgan fingerprint density at radius 3 is 3.00 bits per heavy atom. The van der Waals surface area contributed by atoms with Gasteiger partial charge in [-0.3, -0.25) is 4.21 Å². The van der Waals surface area contributed by atoms with Gasteiger partial charge in [0, 0.05) is 22.0 Å². The summed E-state index contributed by atoms with van der Waals surface area (Å²) in [5.74, 6) is 0.540. The van der Waals surface area contributed by atoms with Gasteiger partial charge in [0.2, 0.25) is 0 Å². The van der Waals surface area contributed by atoms with Crippen LogP contribution in [0.4, 0.5) is 0 Å². The van der Waals surface area contributed by atoms with Crippen LogP contribution in [0.2, 0.25) is 0 Å². The molecule has 3 rings (SSSR count). The van der Waals surface area contributed by atoms with Crippen molar-refractivity contribution in [3.63, 3.8) is 0 Å². The van der Waals surface area contributed by atoms with E-state index in [0.29, 0.717) is 16.4 Å². The van der Waals surface area contributed by atoms with Crippen molar-refractivity contribution < 1.29 is 4.21 Å². The summed E-state index contributed by atoms with van der Waals surface area (Å²) in [6.07, 6.45) is 9.00. The molecular weight excluding hydrogens is 224 g/mol. The molecule has 1 fully saturated rings. The van der Waals surface area contributed by atoms with Gasteiger partial charge in [0.25, 0.3) is 0 Å². The smallest absolute Gasteiger partial charge is 0.0716 e. The minimum Gasteiger partial charge on any atom is -0.258 e. The van der Waals surface area contributed by atoms with Gasteiger partial charge in [0.15, 0.2) is 0 Å². The number of allylic oxidation sites excluding steroid dienone is 2. The summed E-state index contributed by atoms with van der Waals surface area (Å²) in [5.41, 5.74) is 0. The van der Waals surface area contributed by atoms with Gasteiger partial charge < -0.3 is 0 Å². The van der Waals surface area contributed by atoms with Crippen molar-refractivity contribution in [2.24, 2.45) is 5.92 Å². The third-order valence-corrected chi connectivity index (χ3v) is 8.13. The number of hydrogen-bond donors (Lipinski definition) is 0. The molecule has 3 heteroatoms. The van der Waals surface area contributed by atoms with E-state index in [1.165, 1.54) is 4.91 Å². The normalized spacial score (nSPS) is 50.9. The molecule has 0 saturated carbocycles. The van der Waals surface area contributed by atoms with Crippen LogP contribution >= 0.6 is 11.8 Å². The van der Waals surface area contributed by atoms with E-state index >= 15 is 0 Å². The number of hydrogen-bond acceptors (Lipinski definition) is 2. The molecule has 0 aromatic heterocycles. The van der Waals surface area contributed by atoms with Crippen LogP contribution in [0, 0.1) is 5.92 Å². The molecule has 3 aliphatic heterocycles. The predicted molar refractivity (Wildman–Crippen MR) is 67.3 cm³/mol. The van der Waals surface area contributed by atoms with Gasteiger partial charge in [0.05, 0.1) is 10.00 Å². The van der Waals surface area contributed by atoms with Gasteiger partial charge >= 0.3 is 0 Å². The van der Waals surface area contributed by atoms with Crippen LogP contribution in [0.1, 0.15) is 26.7 Å². The Kier molecular flexibility index (Phi) is 2.19. The minimum atomic E-state index is -0.662. The van der Waals surface area contributed by atoms with Crippen molar-refractivity contribution in [2.45, 2.75) is 41.9 Å². The first-order valence-corrected chi connectivity index (χ1v) is 7.79. The predicted octanol–water partition coefficient (Wildman–Crippen LogP) is 2.86. The first-order valence-electron chi connectivity index (χ1n) is 5.70. The number of fused-ring (bicyclic) bond motifs is 5. The quantitative estimate of drug-likeness (QED) is 0.690. The lowest BCUT2D eigenvalue weighted by molar-refractivity contribution is 0.506. The van der Waals surface area contributed by atoms with E-state index in [-0.39, 0.29) is 4.75 Å². The molecular formula is C12H16OS2. The van der Waals surface area contributed by atoms with E-state index < -0.39 is 10.8 Å². The van der Waals surface area contributed by atoms with Crippen LogP contribution in [0.25, 0.3) is 0 Å². The molecule has 0 amide bonds. The second-order valence-electron chi connectivity index (χ2n) is 4.52. The summed E-state index contributed by atoms with van der Waals surface area (Å²) in [5, 5.41) is 0.894. The second-order valence-corrected chi connectivity index (χ2v) is 7.73. The molecule has 0 spiro atoms. The van der Waals surface area contributed by atoms with Crippen LogP contribution in [-0.2, 0) is 10.8 Å². The molecule has 3 aliphatic rings. The highest BCUT2D eigenvalue weighted by Crippen LogP contribution is 2.58. The third kappa shape index (κ3) is 1.09. The lowest BCUT2D eigenvalue weighted by atomic mass is 9.81. The molecule has 1 unspecified atom stereocenters. The highest BCUT2D eigenvalue weighted by atomic mass is 32.2. The standard InChI is InChI=1S/C12H16OS2/c1-3-8-7-9-11(14-8)10-5-6-12(9,4-2)15(10)13/h5-7,9-11H,3-4H2,1-2H3/t9-,10+,11+,12-,15?/m0/s1. The van der Waals surface area contributed by atoms with Crippen molar-refractivity contribution in [1.82, 2.24) is 0 Å². The number of rotatable bonds is 2. The lowest BCUT2D eigenvalue weighted by Crippen LogP contribution is -2.33.